The van der Waals surface area contributed by atoms with Crippen LogP contribution in [0.5, 0.6) is 0 Å². The Hall–Kier alpha value is -0.640. The summed E-state index contributed by atoms with van der Waals surface area (Å²) in [6, 6.07) is 7.89. The van der Waals surface area contributed by atoms with Gasteiger partial charge in [0.2, 0.25) is 0 Å². The molecule has 2 fully saturated rings. The number of Topliss-reactive ketones (excluding diaryl/α,β-unsaturated/α-hetero) is 1. The van der Waals surface area contributed by atoms with Crippen LogP contribution in [-0.2, 0) is 9.59 Å². The minimum Gasteiger partial charge on any atom is -0.292 e. The summed E-state index contributed by atoms with van der Waals surface area (Å²) in [4.78, 5) is 50.8. The van der Waals surface area contributed by atoms with Crippen LogP contribution in [-0.4, -0.2) is 54.1 Å². The molecule has 1 heterocycles. The zero-order chi connectivity index (χ0) is 29.7. The molecule has 3 amide bonds. The van der Waals surface area contributed by atoms with Gasteiger partial charge in [0.1, 0.15) is 16.3 Å². The number of nitrogens with zero attached hydrogens (tertiary/aromatic N) is 2. The molecule has 1 aliphatic heterocycles. The van der Waals surface area contributed by atoms with Gasteiger partial charge in [-0.1, -0.05) is 92.8 Å². The fourth-order valence-electron chi connectivity index (χ4n) is 5.17. The average Bonchev–Trinajstić information content (AvgIpc) is 3.27. The van der Waals surface area contributed by atoms with E-state index in [9.17, 15) is 19.2 Å². The Bertz CT molecular complexity index is 1530. The number of fused-ring (bicyclic) bond motifs is 5. The van der Waals surface area contributed by atoms with Gasteiger partial charge in [0.05, 0.1) is 37.0 Å². The number of allylic oxidation sites excluding steroid dienone is 2. The molecule has 2 bridgehead atoms. The number of hydrogen-bond acceptors (Lipinski definition) is 4. The maximum absolute atomic E-state index is 13.9. The van der Waals surface area contributed by atoms with Crippen LogP contribution >= 0.6 is 116 Å². The van der Waals surface area contributed by atoms with Crippen LogP contribution in [0.3, 0.4) is 0 Å². The van der Waals surface area contributed by atoms with Gasteiger partial charge in [0.25, 0.3) is 17.7 Å². The number of halogens is 10. The summed E-state index contributed by atoms with van der Waals surface area (Å²) < 4.78 is -2.19. The van der Waals surface area contributed by atoms with E-state index in [-0.39, 0.29) is 41.3 Å². The molecule has 16 heteroatoms. The molecule has 2 aliphatic carbocycles. The first kappa shape index (κ1) is 30.8. The normalized spacial score (nSPS) is 28.4. The van der Waals surface area contributed by atoms with Gasteiger partial charge in [-0.3, -0.25) is 19.2 Å². The highest BCUT2D eigenvalue weighted by Crippen LogP contribution is 2.77. The lowest BCUT2D eigenvalue weighted by Crippen LogP contribution is -2.56. The topological polar surface area (TPSA) is 74.8 Å². The van der Waals surface area contributed by atoms with Crippen LogP contribution in [0, 0.1) is 11.8 Å². The second-order valence-electron chi connectivity index (χ2n) is 9.11. The quantitative estimate of drug-likeness (QED) is 0.177. The number of carbonyl (C=O) groups is 4. The highest BCUT2D eigenvalue weighted by molar-refractivity contribution is 6.67. The van der Waals surface area contributed by atoms with E-state index >= 15 is 0 Å². The van der Waals surface area contributed by atoms with Crippen molar-refractivity contribution < 1.29 is 19.2 Å². The second kappa shape index (κ2) is 10.2. The zero-order valence-corrected chi connectivity index (χ0v) is 26.7. The molecule has 0 unspecified atom stereocenters. The van der Waals surface area contributed by atoms with Crippen molar-refractivity contribution in [3.63, 3.8) is 0 Å². The third-order valence-corrected chi connectivity index (χ3v) is 12.6. The standard InChI is InChI=1S/C24H10Cl10N2O4/c25-9-2-3-10(12(27)6-9)14(37)7-35(19(38)8-1-4-11(26)13(28)5-8)36-20(39)15-16(21(36)40)23(32)18(30)17(29)22(15,31)24(23,33)34/h1-6,15-16H,7H2/t15-,16-,22+,23+/m0/s1. The minimum atomic E-state index is -2.19. The molecule has 0 N–H and O–H groups in total. The van der Waals surface area contributed by atoms with E-state index in [1.54, 1.807) is 0 Å². The fraction of sp³-hybridized carbons (Fsp3) is 0.250. The number of imide groups is 1. The molecule has 210 valence electrons. The van der Waals surface area contributed by atoms with Gasteiger partial charge < -0.3 is 0 Å². The lowest BCUT2D eigenvalue weighted by atomic mass is 9.84. The lowest BCUT2D eigenvalue weighted by molar-refractivity contribution is -0.154. The molecule has 4 atom stereocenters. The highest BCUT2D eigenvalue weighted by atomic mass is 35.5. The van der Waals surface area contributed by atoms with Crippen LogP contribution in [0.25, 0.3) is 0 Å². The van der Waals surface area contributed by atoms with E-state index < -0.39 is 56.0 Å². The van der Waals surface area contributed by atoms with Crippen molar-refractivity contribution in [2.45, 2.75) is 14.1 Å². The van der Waals surface area contributed by atoms with Gasteiger partial charge in [-0.2, -0.15) is 5.01 Å². The van der Waals surface area contributed by atoms with Gasteiger partial charge in [0, 0.05) is 16.1 Å². The highest BCUT2D eigenvalue weighted by Gasteiger charge is 2.88. The molecule has 0 aromatic heterocycles. The molecular formula is C24H10Cl10N2O4. The number of hydrogen-bond donors (Lipinski definition) is 0. The molecular weight excluding hydrogens is 735 g/mol. The molecule has 3 aliphatic rings. The summed E-state index contributed by atoms with van der Waals surface area (Å²) in [6.45, 7) is -0.830. The molecule has 1 saturated carbocycles. The number of hydrazine groups is 1. The van der Waals surface area contributed by atoms with E-state index in [1.807, 2.05) is 0 Å². The van der Waals surface area contributed by atoms with Crippen molar-refractivity contribution in [1.29, 1.82) is 0 Å². The summed E-state index contributed by atoms with van der Waals surface area (Å²) in [5.74, 6) is -6.86. The Morgan fingerprint density at radius 1 is 0.750 bits per heavy atom. The van der Waals surface area contributed by atoms with E-state index in [1.165, 1.54) is 36.4 Å². The predicted octanol–water partition coefficient (Wildman–Crippen LogP) is 7.99. The van der Waals surface area contributed by atoms with Crippen LogP contribution in [0.15, 0.2) is 46.5 Å². The Balaban J connectivity index is 1.62. The Kier molecular flexibility index (Phi) is 7.88. The lowest BCUT2D eigenvalue weighted by Gasteiger charge is -2.36. The molecule has 2 aromatic carbocycles. The minimum absolute atomic E-state index is 0.00442. The number of rotatable bonds is 5. The first-order chi connectivity index (χ1) is 18.5. The Morgan fingerprint density at radius 2 is 1.30 bits per heavy atom. The van der Waals surface area contributed by atoms with Crippen molar-refractivity contribution in [3.8, 4) is 0 Å². The molecule has 0 spiro atoms. The van der Waals surface area contributed by atoms with E-state index in [0.29, 0.717) is 10.0 Å². The van der Waals surface area contributed by atoms with Crippen molar-refractivity contribution in [2.24, 2.45) is 11.8 Å². The van der Waals surface area contributed by atoms with Crippen molar-refractivity contribution in [2.75, 3.05) is 6.54 Å². The van der Waals surface area contributed by atoms with Gasteiger partial charge in [-0.15, -0.1) is 23.2 Å². The average molecular weight is 745 g/mol. The molecule has 40 heavy (non-hydrogen) atoms. The van der Waals surface area contributed by atoms with Crippen molar-refractivity contribution >= 4 is 140 Å². The molecule has 1 saturated heterocycles. The van der Waals surface area contributed by atoms with Gasteiger partial charge in [-0.05, 0) is 36.4 Å². The van der Waals surface area contributed by atoms with E-state index in [4.69, 9.17) is 116 Å². The van der Waals surface area contributed by atoms with Crippen LogP contribution < -0.4 is 0 Å². The predicted molar refractivity (Wildman–Crippen MR) is 157 cm³/mol. The monoisotopic (exact) mass is 740 g/mol. The van der Waals surface area contributed by atoms with Crippen molar-refractivity contribution in [1.82, 2.24) is 10.0 Å². The van der Waals surface area contributed by atoms with Gasteiger partial charge >= 0.3 is 0 Å². The number of ketones is 1. The number of alkyl halides is 4. The van der Waals surface area contributed by atoms with Crippen LogP contribution in [0.1, 0.15) is 20.7 Å². The first-order valence-corrected chi connectivity index (χ1v) is 14.7. The number of benzene rings is 2. The summed E-state index contributed by atoms with van der Waals surface area (Å²) in [7, 11) is 0. The summed E-state index contributed by atoms with van der Waals surface area (Å²) in [6.07, 6.45) is 0. The maximum atomic E-state index is 13.9. The number of amides is 3. The van der Waals surface area contributed by atoms with Gasteiger partial charge in [-0.25, -0.2) is 5.01 Å². The summed E-state index contributed by atoms with van der Waals surface area (Å²) in [5.41, 5.74) is -0.141. The molecule has 5 rings (SSSR count). The first-order valence-electron chi connectivity index (χ1n) is 11.0. The van der Waals surface area contributed by atoms with E-state index in [0.717, 1.165) is 0 Å². The SMILES string of the molecule is O=C(CN(C(=O)c1ccc(Cl)c(Cl)c1)N1C(=O)[C@@H]2[C@@H](C1=O)[C@@]1(Cl)C(Cl)=C(Cl)[C@@]2(Cl)C1(Cl)Cl)c1ccc(Cl)cc1Cl. The molecule has 0 radical (unpaired) electrons. The smallest absolute Gasteiger partial charge is 0.273 e. The zero-order valence-electron chi connectivity index (χ0n) is 19.1. The van der Waals surface area contributed by atoms with Crippen LogP contribution in [0.4, 0.5) is 0 Å². The Morgan fingerprint density at radius 3 is 1.80 bits per heavy atom. The van der Waals surface area contributed by atoms with E-state index in [2.05, 4.69) is 0 Å². The second-order valence-corrected chi connectivity index (χ2v) is 14.0. The summed E-state index contributed by atoms with van der Waals surface area (Å²) in [5, 5.41) is 0.843. The fourth-order valence-corrected chi connectivity index (χ4v) is 8.91. The molecule has 6 nitrogen and oxygen atoms in total. The number of carbonyl (C=O) groups excluding carboxylic acids is 4. The van der Waals surface area contributed by atoms with Gasteiger partial charge in [0.15, 0.2) is 10.1 Å². The maximum Gasteiger partial charge on any atom is 0.273 e. The third-order valence-electron chi connectivity index (χ3n) is 7.05. The third kappa shape index (κ3) is 3.98. The largest absolute Gasteiger partial charge is 0.292 e. The molecule has 2 aromatic rings. The van der Waals surface area contributed by atoms with Crippen molar-refractivity contribution in [3.05, 3.63) is 77.7 Å². The van der Waals surface area contributed by atoms with Crippen LogP contribution in [0.2, 0.25) is 20.1 Å². The Labute approximate surface area is 276 Å². The summed E-state index contributed by atoms with van der Waals surface area (Å²) >= 11 is 63.5.